The first-order valence-electron chi connectivity index (χ1n) is 22.4. The number of hydrogen-bond donors (Lipinski definition) is 1. The third-order valence-electron chi connectivity index (χ3n) is 12.1. The van der Waals surface area contributed by atoms with E-state index in [9.17, 15) is 33.9 Å². The monoisotopic (exact) mass is 966 g/mol. The molecular weight excluding hydrogens is 913 g/mol. The summed E-state index contributed by atoms with van der Waals surface area (Å²) in [6.07, 6.45) is -10.9. The fourth-order valence-corrected chi connectivity index (χ4v) is 8.87. The van der Waals surface area contributed by atoms with Crippen LogP contribution >= 0.6 is 0 Å². The van der Waals surface area contributed by atoms with Crippen LogP contribution in [0.5, 0.6) is 0 Å². The van der Waals surface area contributed by atoms with Gasteiger partial charge in [0, 0.05) is 18.8 Å². The zero-order valence-corrected chi connectivity index (χ0v) is 38.9. The first-order valence-corrected chi connectivity index (χ1v) is 22.4. The van der Waals surface area contributed by atoms with Crippen molar-refractivity contribution in [3.05, 3.63) is 156 Å². The first kappa shape index (κ1) is 51.1. The largest absolute Gasteiger partial charge is 0.467 e. The van der Waals surface area contributed by atoms with Crippen molar-refractivity contribution < 1.29 is 86.0 Å². The van der Waals surface area contributed by atoms with Gasteiger partial charge in [0.1, 0.15) is 31.5 Å². The predicted octanol–water partition coefficient (Wildman–Crippen LogP) is 5.21. The van der Waals surface area contributed by atoms with Gasteiger partial charge in [-0.3, -0.25) is 0 Å². The molecule has 7 rings (SSSR count). The second-order valence-electron chi connectivity index (χ2n) is 17.1. The summed E-state index contributed by atoms with van der Waals surface area (Å²) in [5.74, 6) is -11.3. The molecule has 0 spiro atoms. The van der Waals surface area contributed by atoms with Gasteiger partial charge in [0.25, 0.3) is 5.79 Å². The van der Waals surface area contributed by atoms with Gasteiger partial charge in [-0.1, -0.05) is 78.9 Å². The number of benzene rings is 4. The fraction of sp³-hybridized carbons (Fsp3) is 0.385. The molecule has 4 aromatic carbocycles. The van der Waals surface area contributed by atoms with Gasteiger partial charge in [0.2, 0.25) is 0 Å². The van der Waals surface area contributed by atoms with Gasteiger partial charge in [-0.05, 0) is 62.4 Å². The summed E-state index contributed by atoms with van der Waals surface area (Å²) in [6.45, 7) is 5.13. The molecule has 3 aliphatic rings. The van der Waals surface area contributed by atoms with Crippen molar-refractivity contribution in [3.63, 3.8) is 0 Å². The molecule has 370 valence electrons. The van der Waals surface area contributed by atoms with Gasteiger partial charge in [-0.15, -0.1) is 6.58 Å². The number of aliphatic hydroxyl groups excluding tert-OH is 1. The molecular formula is C52H54O18. The van der Waals surface area contributed by atoms with E-state index >= 15 is 0 Å². The molecule has 0 amide bonds. The topological polar surface area (TPSA) is 224 Å². The van der Waals surface area contributed by atoms with Crippen LogP contribution in [-0.2, 0) is 61.7 Å². The van der Waals surface area contributed by atoms with Crippen molar-refractivity contribution in [2.45, 2.75) is 86.6 Å². The van der Waals surface area contributed by atoms with Crippen LogP contribution < -0.4 is 0 Å². The molecule has 1 N–H and O–H groups in total. The average Bonchev–Trinajstić information content (AvgIpc) is 3.71. The Morgan fingerprint density at radius 3 is 1.50 bits per heavy atom. The lowest BCUT2D eigenvalue weighted by atomic mass is 9.69. The average molecular weight is 967 g/mol. The molecule has 0 aromatic heterocycles. The Kier molecular flexibility index (Phi) is 16.3. The Morgan fingerprint density at radius 1 is 0.614 bits per heavy atom. The van der Waals surface area contributed by atoms with Crippen LogP contribution in [0.15, 0.2) is 134 Å². The Morgan fingerprint density at radius 2 is 1.06 bits per heavy atom. The molecule has 3 heterocycles. The second kappa shape index (κ2) is 22.3. The highest BCUT2D eigenvalue weighted by Crippen LogP contribution is 2.51. The van der Waals surface area contributed by atoms with Gasteiger partial charge in [-0.25, -0.2) is 28.8 Å². The maximum absolute atomic E-state index is 14.9. The molecule has 18 nitrogen and oxygen atoms in total. The molecule has 0 saturated carbocycles. The van der Waals surface area contributed by atoms with Crippen LogP contribution in [0.2, 0.25) is 0 Å². The standard InChI is InChI=1S/C52H54O18/c1-6-27-64-52(49(59)61-5)28-36(40(53)41(70-52)38(65-46(56)34-23-15-9-16-24-34)30-62-44(54)32-19-11-7-12-20-32)51(48(58)60-4)29-37-42(68-50(2,3)67-37)43(69-51)39(66-47(57)35-25-17-10-18-26-35)31-63-45(55)33-21-13-8-14-22-33/h6-26,36-43,53H,1,27-31H2,2-5H3/t36-,37-,38-,39-,40-,41-,42-,43-,51-,52+/m1/s1. The third kappa shape index (κ3) is 11.3. The Labute approximate surface area is 403 Å². The second-order valence-corrected chi connectivity index (χ2v) is 17.1. The number of aliphatic hydroxyl groups is 1. The summed E-state index contributed by atoms with van der Waals surface area (Å²) in [5.41, 5.74) is -1.94. The van der Waals surface area contributed by atoms with Crippen LogP contribution in [-0.4, -0.2) is 135 Å². The number of ether oxygens (including phenoxy) is 11. The zero-order chi connectivity index (χ0) is 50.1. The predicted molar refractivity (Wildman–Crippen MR) is 243 cm³/mol. The van der Waals surface area contributed by atoms with Crippen LogP contribution in [0.25, 0.3) is 0 Å². The van der Waals surface area contributed by atoms with E-state index in [1.54, 1.807) is 86.6 Å². The number of rotatable bonds is 18. The Bertz CT molecular complexity index is 2470. The minimum atomic E-state index is -2.54. The number of hydrogen-bond acceptors (Lipinski definition) is 18. The molecule has 0 radical (unpaired) electrons. The number of fused-ring (bicyclic) bond motifs is 1. The highest BCUT2D eigenvalue weighted by atomic mass is 16.8. The molecule has 70 heavy (non-hydrogen) atoms. The van der Waals surface area contributed by atoms with Crippen molar-refractivity contribution in [1.29, 1.82) is 0 Å². The van der Waals surface area contributed by atoms with E-state index in [0.29, 0.717) is 0 Å². The van der Waals surface area contributed by atoms with Crippen molar-refractivity contribution in [3.8, 4) is 0 Å². The maximum atomic E-state index is 14.9. The molecule has 10 atom stereocenters. The SMILES string of the molecule is C=CCO[C@@]1(C(=O)OC)C[C@@H]([C@@]2(C(=O)OC)C[C@H]3OC(C)(C)O[C@H]3[C@@H]([C@@H](COC(=O)c3ccccc3)OC(=O)c3ccccc3)O2)[C@@H](O)[C@@H]([C@@H](COC(=O)c2ccccc2)OC(=O)c2ccccc2)O1. The fourth-order valence-electron chi connectivity index (χ4n) is 8.87. The molecule has 0 bridgehead atoms. The zero-order valence-electron chi connectivity index (χ0n) is 38.9. The van der Waals surface area contributed by atoms with Gasteiger partial charge in [-0.2, -0.15) is 0 Å². The minimum absolute atomic E-state index is 0.0615. The molecule has 18 heteroatoms. The Balaban J connectivity index is 1.35. The highest BCUT2D eigenvalue weighted by Gasteiger charge is 2.69. The molecule has 0 aliphatic carbocycles. The van der Waals surface area contributed by atoms with Crippen LogP contribution in [0, 0.1) is 5.92 Å². The van der Waals surface area contributed by atoms with E-state index in [1.165, 1.54) is 54.6 Å². The molecule has 3 fully saturated rings. The summed E-state index contributed by atoms with van der Waals surface area (Å²) in [6, 6.07) is 31.6. The Hall–Kier alpha value is -6.80. The van der Waals surface area contributed by atoms with E-state index in [4.69, 9.17) is 52.1 Å². The van der Waals surface area contributed by atoms with Gasteiger partial charge >= 0.3 is 35.8 Å². The van der Waals surface area contributed by atoms with Crippen molar-refractivity contribution in [2.75, 3.05) is 34.0 Å². The first-order chi connectivity index (χ1) is 33.6. The lowest BCUT2D eigenvalue weighted by Crippen LogP contribution is -2.71. The molecule has 3 aliphatic heterocycles. The van der Waals surface area contributed by atoms with E-state index in [0.717, 1.165) is 14.2 Å². The van der Waals surface area contributed by atoms with Crippen molar-refractivity contribution in [1.82, 2.24) is 0 Å². The molecule has 3 saturated heterocycles. The normalized spacial score (nSPS) is 26.5. The maximum Gasteiger partial charge on any atom is 0.366 e. The van der Waals surface area contributed by atoms with Gasteiger partial charge in [0.15, 0.2) is 23.6 Å². The number of carbonyl (C=O) groups is 6. The third-order valence-corrected chi connectivity index (χ3v) is 12.1. The van der Waals surface area contributed by atoms with Crippen LogP contribution in [0.4, 0.5) is 0 Å². The smallest absolute Gasteiger partial charge is 0.366 e. The van der Waals surface area contributed by atoms with E-state index in [1.807, 2.05) is 0 Å². The minimum Gasteiger partial charge on any atom is -0.467 e. The lowest BCUT2D eigenvalue weighted by Gasteiger charge is -2.54. The van der Waals surface area contributed by atoms with E-state index < -0.39 is 128 Å². The van der Waals surface area contributed by atoms with Crippen molar-refractivity contribution in [2.24, 2.45) is 5.92 Å². The summed E-state index contributed by atoms with van der Waals surface area (Å²) in [4.78, 5) is 83.9. The molecule has 0 unspecified atom stereocenters. The number of carbonyl (C=O) groups excluding carboxylic acids is 6. The quantitative estimate of drug-likeness (QED) is 0.0767. The number of methoxy groups -OCH3 is 2. The van der Waals surface area contributed by atoms with E-state index in [-0.39, 0.29) is 28.9 Å². The van der Waals surface area contributed by atoms with Gasteiger partial charge < -0.3 is 57.2 Å². The summed E-state index contributed by atoms with van der Waals surface area (Å²) >= 11 is 0. The lowest BCUT2D eigenvalue weighted by molar-refractivity contribution is -0.338. The highest BCUT2D eigenvalue weighted by molar-refractivity contribution is 5.91. The van der Waals surface area contributed by atoms with Crippen molar-refractivity contribution >= 4 is 35.8 Å². The van der Waals surface area contributed by atoms with E-state index in [2.05, 4.69) is 6.58 Å². The summed E-state index contributed by atoms with van der Waals surface area (Å²) < 4.78 is 66.6. The van der Waals surface area contributed by atoms with Crippen LogP contribution in [0.3, 0.4) is 0 Å². The summed E-state index contributed by atoms with van der Waals surface area (Å²) in [7, 11) is 2.12. The van der Waals surface area contributed by atoms with Crippen LogP contribution in [0.1, 0.15) is 68.1 Å². The van der Waals surface area contributed by atoms with Gasteiger partial charge in [0.05, 0.1) is 55.3 Å². The number of esters is 6. The summed E-state index contributed by atoms with van der Waals surface area (Å²) in [5, 5.41) is 12.9. The molecule has 4 aromatic rings.